The van der Waals surface area contributed by atoms with Gasteiger partial charge in [0, 0.05) is 55.0 Å². The number of piperidine rings is 1. The topological polar surface area (TPSA) is 150 Å². The van der Waals surface area contributed by atoms with E-state index in [-0.39, 0.29) is 35.4 Å². The number of likely N-dealkylation sites (tertiary alicyclic amines) is 1. The number of aromatic nitrogens is 3. The van der Waals surface area contributed by atoms with Crippen molar-refractivity contribution in [3.05, 3.63) is 42.7 Å². The number of nitrogens with zero attached hydrogens (tertiary/aromatic N) is 4. The third-order valence-electron chi connectivity index (χ3n) is 8.12. The van der Waals surface area contributed by atoms with E-state index < -0.39 is 9.84 Å². The van der Waals surface area contributed by atoms with Crippen LogP contribution in [0.25, 0.3) is 16.7 Å². The quantitative estimate of drug-likeness (QED) is 0.347. The second-order valence-electron chi connectivity index (χ2n) is 11.1. The highest BCUT2D eigenvalue weighted by atomic mass is 32.2. The number of anilines is 1. The molecule has 12 heteroatoms. The molecule has 2 aliphatic rings. The second kappa shape index (κ2) is 12.5. The Labute approximate surface area is 240 Å². The molecule has 5 rings (SSSR count). The predicted molar refractivity (Wildman–Crippen MR) is 157 cm³/mol. The molecule has 3 aromatic rings. The van der Waals surface area contributed by atoms with E-state index in [4.69, 9.17) is 15.5 Å². The minimum Gasteiger partial charge on any atom is -0.493 e. The molecule has 0 radical (unpaired) electrons. The summed E-state index contributed by atoms with van der Waals surface area (Å²) in [6.45, 7) is 1.53. The lowest BCUT2D eigenvalue weighted by Crippen LogP contribution is -2.45. The van der Waals surface area contributed by atoms with Gasteiger partial charge in [0.15, 0.2) is 0 Å². The van der Waals surface area contributed by atoms with Gasteiger partial charge in [0.25, 0.3) is 0 Å². The maximum absolute atomic E-state index is 13.0. The van der Waals surface area contributed by atoms with Crippen molar-refractivity contribution in [3.63, 3.8) is 0 Å². The third-order valence-corrected chi connectivity index (χ3v) is 9.15. The summed E-state index contributed by atoms with van der Waals surface area (Å²) >= 11 is 0. The molecule has 2 amide bonds. The largest absolute Gasteiger partial charge is 0.493 e. The number of nitrogens with two attached hydrogens (primary N) is 1. The molecule has 0 atom stereocenters. The Morgan fingerprint density at radius 2 is 1.80 bits per heavy atom. The van der Waals surface area contributed by atoms with Crippen molar-refractivity contribution in [2.24, 2.45) is 17.6 Å². The lowest BCUT2D eigenvalue weighted by atomic mass is 9.84. The van der Waals surface area contributed by atoms with Gasteiger partial charge in [-0.2, -0.15) is 4.98 Å². The van der Waals surface area contributed by atoms with E-state index in [9.17, 15) is 18.0 Å². The number of sulfone groups is 1. The van der Waals surface area contributed by atoms with E-state index in [0.717, 1.165) is 42.4 Å². The number of primary amides is 1. The van der Waals surface area contributed by atoms with Crippen LogP contribution in [0.3, 0.4) is 0 Å². The van der Waals surface area contributed by atoms with Crippen LogP contribution in [0.5, 0.6) is 5.75 Å². The summed E-state index contributed by atoms with van der Waals surface area (Å²) in [6.07, 6.45) is 9.96. The first-order valence-corrected chi connectivity index (χ1v) is 16.3. The monoisotopic (exact) mass is 582 g/mol. The average molecular weight is 583 g/mol. The van der Waals surface area contributed by atoms with Crippen LogP contribution in [-0.4, -0.2) is 77.4 Å². The third kappa shape index (κ3) is 7.16. The van der Waals surface area contributed by atoms with Gasteiger partial charge in [-0.1, -0.05) is 6.07 Å². The zero-order valence-electron chi connectivity index (χ0n) is 23.4. The van der Waals surface area contributed by atoms with Gasteiger partial charge in [0.05, 0.1) is 17.9 Å². The summed E-state index contributed by atoms with van der Waals surface area (Å²) in [7, 11) is -3.02. The van der Waals surface area contributed by atoms with Gasteiger partial charge >= 0.3 is 0 Å². The fourth-order valence-corrected chi connectivity index (χ4v) is 6.47. The zero-order valence-corrected chi connectivity index (χ0v) is 24.2. The number of nitrogens with one attached hydrogen (secondary N) is 1. The molecule has 1 aliphatic carbocycles. The molecule has 2 aromatic heterocycles. The molecule has 1 aliphatic heterocycles. The zero-order chi connectivity index (χ0) is 29.0. The molecular weight excluding hydrogens is 544 g/mol. The number of benzene rings is 1. The van der Waals surface area contributed by atoms with E-state index in [2.05, 4.69) is 10.3 Å². The Balaban J connectivity index is 1.17. The highest BCUT2D eigenvalue weighted by molar-refractivity contribution is 7.90. The molecule has 0 spiro atoms. The van der Waals surface area contributed by atoms with Crippen LogP contribution in [0.4, 0.5) is 5.95 Å². The van der Waals surface area contributed by atoms with E-state index in [0.29, 0.717) is 50.7 Å². The number of carbonyl (C=O) groups is 2. The molecule has 11 nitrogen and oxygen atoms in total. The standard InChI is InChI=1S/C29H38N6O5S/c1-41(38,39)19-3-18-40-25-5-2-4-24-23(25)13-17-35(24)26-10-14-31-29(33-26)32-22-8-6-21(7-9-22)28(37)34-15-11-20(12-16-34)27(30)36/h2,4-5,10,13-14,17,20-22H,3,6-9,11-12,15-16,18-19H2,1H3,(H2,30,36)(H,31,32,33). The average Bonchev–Trinajstić information content (AvgIpc) is 3.40. The highest BCUT2D eigenvalue weighted by Gasteiger charge is 2.32. The minimum absolute atomic E-state index is 0.0134. The maximum atomic E-state index is 13.0. The summed E-state index contributed by atoms with van der Waals surface area (Å²) < 4.78 is 30.7. The van der Waals surface area contributed by atoms with Crippen LogP contribution in [-0.2, 0) is 19.4 Å². The van der Waals surface area contributed by atoms with Crippen LogP contribution in [0.15, 0.2) is 42.7 Å². The first-order valence-electron chi connectivity index (χ1n) is 14.3. The SMILES string of the molecule is CS(=O)(=O)CCCOc1cccc2c1ccn2-c1ccnc(NC2CCC(C(=O)N3CCC(C(N)=O)CC3)CC2)n1. The normalized spacial score (nSPS) is 20.2. The molecule has 2 fully saturated rings. The van der Waals surface area contributed by atoms with Crippen LogP contribution >= 0.6 is 0 Å². The van der Waals surface area contributed by atoms with E-state index >= 15 is 0 Å². The molecule has 3 heterocycles. The number of hydrogen-bond donors (Lipinski definition) is 2. The van der Waals surface area contributed by atoms with Gasteiger partial charge in [-0.3, -0.25) is 9.59 Å². The molecule has 1 saturated heterocycles. The van der Waals surface area contributed by atoms with Crippen LogP contribution < -0.4 is 15.8 Å². The van der Waals surface area contributed by atoms with Gasteiger partial charge in [-0.15, -0.1) is 0 Å². The highest BCUT2D eigenvalue weighted by Crippen LogP contribution is 2.31. The van der Waals surface area contributed by atoms with Crippen molar-refractivity contribution in [1.82, 2.24) is 19.4 Å². The van der Waals surface area contributed by atoms with Crippen molar-refractivity contribution >= 4 is 38.5 Å². The smallest absolute Gasteiger partial charge is 0.225 e. The maximum Gasteiger partial charge on any atom is 0.225 e. The van der Waals surface area contributed by atoms with Crippen molar-refractivity contribution in [3.8, 4) is 11.6 Å². The summed E-state index contributed by atoms with van der Waals surface area (Å²) in [4.78, 5) is 35.6. The summed E-state index contributed by atoms with van der Waals surface area (Å²) in [5, 5.41) is 4.38. The number of fused-ring (bicyclic) bond motifs is 1. The fraction of sp³-hybridized carbons (Fsp3) is 0.517. The van der Waals surface area contributed by atoms with Crippen molar-refractivity contribution in [2.75, 3.05) is 37.0 Å². The Kier molecular flexibility index (Phi) is 8.77. The molecule has 0 unspecified atom stereocenters. The molecule has 0 bridgehead atoms. The molecule has 1 aromatic carbocycles. The summed E-state index contributed by atoms with van der Waals surface area (Å²) in [5.74, 6) is 1.88. The van der Waals surface area contributed by atoms with E-state index in [1.807, 2.05) is 46.0 Å². The first kappa shape index (κ1) is 28.8. The van der Waals surface area contributed by atoms with Gasteiger partial charge in [0.2, 0.25) is 17.8 Å². The Hall–Kier alpha value is -3.67. The number of carbonyl (C=O) groups excluding carboxylic acids is 2. The summed E-state index contributed by atoms with van der Waals surface area (Å²) in [6, 6.07) is 9.77. The van der Waals surface area contributed by atoms with Crippen LogP contribution in [0, 0.1) is 11.8 Å². The fourth-order valence-electron chi connectivity index (χ4n) is 5.83. The second-order valence-corrected chi connectivity index (χ2v) is 13.4. The number of ether oxygens (including phenoxy) is 1. The number of hydrogen-bond acceptors (Lipinski definition) is 8. The summed E-state index contributed by atoms with van der Waals surface area (Å²) in [5.41, 5.74) is 6.35. The van der Waals surface area contributed by atoms with Crippen molar-refractivity contribution in [1.29, 1.82) is 0 Å². The molecule has 220 valence electrons. The first-order chi connectivity index (χ1) is 19.7. The predicted octanol–water partition coefficient (Wildman–Crippen LogP) is 2.93. The van der Waals surface area contributed by atoms with Gasteiger partial charge in [-0.05, 0) is 69.2 Å². The minimum atomic E-state index is -3.02. The molecule has 41 heavy (non-hydrogen) atoms. The Bertz CT molecular complexity index is 1490. The van der Waals surface area contributed by atoms with Crippen molar-refractivity contribution < 1.29 is 22.7 Å². The Morgan fingerprint density at radius 1 is 1.05 bits per heavy atom. The van der Waals surface area contributed by atoms with Gasteiger partial charge in [0.1, 0.15) is 21.4 Å². The Morgan fingerprint density at radius 3 is 2.51 bits per heavy atom. The van der Waals surface area contributed by atoms with E-state index in [1.165, 1.54) is 6.26 Å². The molecule has 3 N–H and O–H groups in total. The van der Waals surface area contributed by atoms with Gasteiger partial charge < -0.3 is 25.3 Å². The van der Waals surface area contributed by atoms with Crippen molar-refractivity contribution in [2.45, 2.75) is 51.0 Å². The molecule has 1 saturated carbocycles. The van der Waals surface area contributed by atoms with Gasteiger partial charge in [-0.25, -0.2) is 13.4 Å². The number of amides is 2. The van der Waals surface area contributed by atoms with Crippen LogP contribution in [0.1, 0.15) is 44.9 Å². The molecular formula is C29H38N6O5S. The van der Waals surface area contributed by atoms with E-state index in [1.54, 1.807) is 6.20 Å². The number of rotatable bonds is 10. The van der Waals surface area contributed by atoms with Crippen LogP contribution in [0.2, 0.25) is 0 Å². The lowest BCUT2D eigenvalue weighted by Gasteiger charge is -2.35. The lowest BCUT2D eigenvalue weighted by molar-refractivity contribution is -0.139.